The van der Waals surface area contributed by atoms with Gasteiger partial charge in [0.1, 0.15) is 5.75 Å². The van der Waals surface area contributed by atoms with Gasteiger partial charge < -0.3 is 10.5 Å². The molecule has 0 fully saturated rings. The second-order valence-electron chi connectivity index (χ2n) is 4.12. The molecular formula is C13H21ClN2OS. The predicted octanol–water partition coefficient (Wildman–Crippen LogP) is 2.64. The predicted molar refractivity (Wildman–Crippen MR) is 80.8 cm³/mol. The maximum Gasteiger partial charge on any atom is 0.137 e. The Hall–Kier alpha value is -0.420. The Bertz CT molecular complexity index is 376. The molecule has 1 aromatic carbocycles. The van der Waals surface area contributed by atoms with Crippen LogP contribution in [0.3, 0.4) is 0 Å². The van der Waals surface area contributed by atoms with E-state index in [0.29, 0.717) is 17.3 Å². The van der Waals surface area contributed by atoms with E-state index in [1.165, 1.54) is 0 Å². The van der Waals surface area contributed by atoms with Crippen LogP contribution in [0.25, 0.3) is 0 Å². The number of benzene rings is 1. The summed E-state index contributed by atoms with van der Waals surface area (Å²) in [5.41, 5.74) is 7.01. The Balaban J connectivity index is 2.84. The van der Waals surface area contributed by atoms with E-state index < -0.39 is 0 Å². The van der Waals surface area contributed by atoms with Gasteiger partial charge in [0.25, 0.3) is 0 Å². The van der Waals surface area contributed by atoms with Crippen LogP contribution in [0, 0.1) is 0 Å². The number of nitrogens with two attached hydrogens (primary N) is 1. The van der Waals surface area contributed by atoms with Crippen molar-refractivity contribution in [3.05, 3.63) is 28.8 Å². The molecule has 18 heavy (non-hydrogen) atoms. The van der Waals surface area contributed by atoms with E-state index in [-0.39, 0.29) is 6.04 Å². The summed E-state index contributed by atoms with van der Waals surface area (Å²) in [5, 5.41) is 0.631. The van der Waals surface area contributed by atoms with Gasteiger partial charge in [0.05, 0.1) is 12.1 Å². The Morgan fingerprint density at radius 2 is 2.22 bits per heavy atom. The molecule has 5 heteroatoms. The standard InChI is InChI=1S/C13H21ClN2OS/c1-16(6-7-18-3)12(9-15)10-4-5-13(17-2)11(14)8-10/h4-5,8,12H,6-7,9,15H2,1-3H3. The van der Waals surface area contributed by atoms with Crippen molar-refractivity contribution in [1.29, 1.82) is 0 Å². The van der Waals surface area contributed by atoms with Crippen molar-refractivity contribution in [3.63, 3.8) is 0 Å². The minimum Gasteiger partial charge on any atom is -0.495 e. The largest absolute Gasteiger partial charge is 0.495 e. The number of methoxy groups -OCH3 is 1. The number of hydrogen-bond acceptors (Lipinski definition) is 4. The molecule has 0 radical (unpaired) electrons. The van der Waals surface area contributed by atoms with Gasteiger partial charge in [-0.15, -0.1) is 0 Å². The molecule has 0 aliphatic rings. The third-order valence-corrected chi connectivity index (χ3v) is 3.85. The molecule has 102 valence electrons. The first-order valence-electron chi connectivity index (χ1n) is 5.86. The first kappa shape index (κ1) is 15.6. The fraction of sp³-hybridized carbons (Fsp3) is 0.538. The Labute approximate surface area is 119 Å². The van der Waals surface area contributed by atoms with E-state index >= 15 is 0 Å². The SMILES string of the molecule is COc1ccc(C(CN)N(C)CCSC)cc1Cl. The van der Waals surface area contributed by atoms with E-state index in [1.807, 2.05) is 30.0 Å². The molecule has 3 nitrogen and oxygen atoms in total. The van der Waals surface area contributed by atoms with Crippen molar-refractivity contribution in [2.45, 2.75) is 6.04 Å². The lowest BCUT2D eigenvalue weighted by Gasteiger charge is -2.27. The lowest BCUT2D eigenvalue weighted by molar-refractivity contribution is 0.265. The van der Waals surface area contributed by atoms with Crippen molar-refractivity contribution >= 4 is 23.4 Å². The summed E-state index contributed by atoms with van der Waals surface area (Å²) in [4.78, 5) is 2.26. The van der Waals surface area contributed by atoms with Crippen LogP contribution in [0.5, 0.6) is 5.75 Å². The van der Waals surface area contributed by atoms with Crippen LogP contribution in [-0.2, 0) is 0 Å². The van der Waals surface area contributed by atoms with E-state index in [4.69, 9.17) is 22.1 Å². The molecule has 1 atom stereocenters. The molecule has 0 amide bonds. The lowest BCUT2D eigenvalue weighted by Crippen LogP contribution is -2.32. The maximum absolute atomic E-state index is 6.15. The number of nitrogens with zero attached hydrogens (tertiary/aromatic N) is 1. The second kappa shape index (κ2) is 7.89. The van der Waals surface area contributed by atoms with Crippen molar-refractivity contribution in [2.24, 2.45) is 5.73 Å². The van der Waals surface area contributed by atoms with Gasteiger partial charge in [0.2, 0.25) is 0 Å². The lowest BCUT2D eigenvalue weighted by atomic mass is 10.1. The summed E-state index contributed by atoms with van der Waals surface area (Å²) in [6.07, 6.45) is 2.11. The topological polar surface area (TPSA) is 38.5 Å². The molecule has 0 heterocycles. The monoisotopic (exact) mass is 288 g/mol. The number of thioether (sulfide) groups is 1. The molecular weight excluding hydrogens is 268 g/mol. The smallest absolute Gasteiger partial charge is 0.137 e. The molecule has 1 rings (SSSR count). The fourth-order valence-electron chi connectivity index (χ4n) is 1.85. The van der Waals surface area contributed by atoms with Crippen LogP contribution in [0.1, 0.15) is 11.6 Å². The van der Waals surface area contributed by atoms with Gasteiger partial charge in [0.15, 0.2) is 0 Å². The maximum atomic E-state index is 6.15. The van der Waals surface area contributed by atoms with Crippen molar-refractivity contribution in [1.82, 2.24) is 4.90 Å². The van der Waals surface area contributed by atoms with Crippen LogP contribution in [0.4, 0.5) is 0 Å². The minimum absolute atomic E-state index is 0.195. The molecule has 1 aromatic rings. The Morgan fingerprint density at radius 1 is 1.50 bits per heavy atom. The first-order valence-corrected chi connectivity index (χ1v) is 7.63. The molecule has 1 unspecified atom stereocenters. The quantitative estimate of drug-likeness (QED) is 0.837. The van der Waals surface area contributed by atoms with Crippen LogP contribution < -0.4 is 10.5 Å². The zero-order chi connectivity index (χ0) is 13.5. The van der Waals surface area contributed by atoms with Gasteiger partial charge in [-0.3, -0.25) is 4.90 Å². The van der Waals surface area contributed by atoms with E-state index in [1.54, 1.807) is 7.11 Å². The molecule has 2 N–H and O–H groups in total. The van der Waals surface area contributed by atoms with Gasteiger partial charge >= 0.3 is 0 Å². The summed E-state index contributed by atoms with van der Waals surface area (Å²) < 4.78 is 5.16. The van der Waals surface area contributed by atoms with Crippen molar-refractivity contribution in [2.75, 3.05) is 39.3 Å². The van der Waals surface area contributed by atoms with Crippen LogP contribution in [0.2, 0.25) is 5.02 Å². The zero-order valence-corrected chi connectivity index (χ0v) is 12.7. The summed E-state index contributed by atoms with van der Waals surface area (Å²) in [7, 11) is 3.71. The molecule has 0 saturated heterocycles. The molecule has 0 aromatic heterocycles. The number of ether oxygens (including phenoxy) is 1. The van der Waals surface area contributed by atoms with E-state index in [2.05, 4.69) is 18.2 Å². The van der Waals surface area contributed by atoms with Crippen molar-refractivity contribution in [3.8, 4) is 5.75 Å². The third-order valence-electron chi connectivity index (χ3n) is 2.96. The fourth-order valence-corrected chi connectivity index (χ4v) is 2.59. The minimum atomic E-state index is 0.195. The summed E-state index contributed by atoms with van der Waals surface area (Å²) >= 11 is 7.98. The van der Waals surface area contributed by atoms with Crippen molar-refractivity contribution < 1.29 is 4.74 Å². The Morgan fingerprint density at radius 3 is 2.72 bits per heavy atom. The third kappa shape index (κ3) is 4.05. The highest BCUT2D eigenvalue weighted by atomic mass is 35.5. The van der Waals surface area contributed by atoms with Gasteiger partial charge in [-0.05, 0) is 31.0 Å². The first-order chi connectivity index (χ1) is 8.63. The highest BCUT2D eigenvalue weighted by Gasteiger charge is 2.16. The van der Waals surface area contributed by atoms with Gasteiger partial charge in [-0.1, -0.05) is 17.7 Å². The van der Waals surface area contributed by atoms with Gasteiger partial charge in [-0.2, -0.15) is 11.8 Å². The summed E-state index contributed by atoms with van der Waals surface area (Å²) in [6.45, 7) is 1.58. The van der Waals surface area contributed by atoms with Crippen LogP contribution in [-0.4, -0.2) is 44.2 Å². The average Bonchev–Trinajstić information content (AvgIpc) is 2.37. The molecule has 0 aliphatic carbocycles. The summed E-state index contributed by atoms with van der Waals surface area (Å²) in [6, 6.07) is 6.05. The number of halogens is 1. The van der Waals surface area contributed by atoms with Gasteiger partial charge in [-0.25, -0.2) is 0 Å². The van der Waals surface area contributed by atoms with Gasteiger partial charge in [0, 0.05) is 24.9 Å². The highest BCUT2D eigenvalue weighted by molar-refractivity contribution is 7.98. The van der Waals surface area contributed by atoms with Crippen LogP contribution >= 0.6 is 23.4 Å². The highest BCUT2D eigenvalue weighted by Crippen LogP contribution is 2.29. The van der Waals surface area contributed by atoms with E-state index in [9.17, 15) is 0 Å². The zero-order valence-electron chi connectivity index (χ0n) is 11.1. The summed E-state index contributed by atoms with van der Waals surface area (Å²) in [5.74, 6) is 1.79. The second-order valence-corrected chi connectivity index (χ2v) is 5.51. The average molecular weight is 289 g/mol. The van der Waals surface area contributed by atoms with E-state index in [0.717, 1.165) is 17.9 Å². The molecule has 0 saturated carbocycles. The number of hydrogen-bond donors (Lipinski definition) is 1. The number of likely N-dealkylation sites (N-methyl/N-ethyl adjacent to an activating group) is 1. The molecule has 0 bridgehead atoms. The normalized spacial score (nSPS) is 12.8. The van der Waals surface area contributed by atoms with Crippen LogP contribution in [0.15, 0.2) is 18.2 Å². The molecule has 0 aliphatic heterocycles. The molecule has 0 spiro atoms. The Kier molecular flexibility index (Phi) is 6.86. The number of rotatable bonds is 7.